The van der Waals surface area contributed by atoms with Crippen LogP contribution in [0.2, 0.25) is 0 Å². The van der Waals surface area contributed by atoms with E-state index in [0.29, 0.717) is 22.5 Å². The lowest BCUT2D eigenvalue weighted by Crippen LogP contribution is -2.69. The Bertz CT molecular complexity index is 2120. The number of aryl methyl sites for hydroxylation is 1. The minimum absolute atomic E-state index is 0.0448. The first-order chi connectivity index (χ1) is 23.7. The second-order valence-corrected chi connectivity index (χ2v) is 13.0. The molecular weight excluding hydrogens is 648 g/mol. The minimum atomic E-state index is -1.15. The number of fused-ring (bicyclic) bond motifs is 1. The Morgan fingerprint density at radius 1 is 0.960 bits per heavy atom. The number of aromatic nitrogens is 2. The molecule has 3 aromatic carbocycles. The van der Waals surface area contributed by atoms with Crippen molar-refractivity contribution in [3.63, 3.8) is 0 Å². The van der Waals surface area contributed by atoms with Crippen LogP contribution in [-0.4, -0.2) is 65.6 Å². The van der Waals surface area contributed by atoms with Gasteiger partial charge in [0, 0.05) is 30.6 Å². The van der Waals surface area contributed by atoms with Gasteiger partial charge in [-0.2, -0.15) is 0 Å². The first-order valence-corrected chi connectivity index (χ1v) is 15.7. The summed E-state index contributed by atoms with van der Waals surface area (Å²) in [6.45, 7) is 7.12. The number of likely N-dealkylation sites (tertiary alicyclic amines) is 1. The number of nitrogens with one attached hydrogen (secondary N) is 2. The van der Waals surface area contributed by atoms with Gasteiger partial charge in [-0.05, 0) is 93.4 Å². The van der Waals surface area contributed by atoms with Gasteiger partial charge in [0.1, 0.15) is 39.9 Å². The number of halogens is 2. The molecule has 1 fully saturated rings. The maximum Gasteiger partial charge on any atom is 0.410 e. The zero-order chi connectivity index (χ0) is 36.0. The van der Waals surface area contributed by atoms with Gasteiger partial charge in [0.2, 0.25) is 0 Å². The number of nitrogens with zero attached hydrogens (tertiary/aromatic N) is 3. The van der Waals surface area contributed by atoms with E-state index in [1.807, 2.05) is 0 Å². The van der Waals surface area contributed by atoms with Crippen LogP contribution in [0.1, 0.15) is 52.9 Å². The van der Waals surface area contributed by atoms with Crippen LogP contribution in [0, 0.1) is 18.6 Å². The summed E-state index contributed by atoms with van der Waals surface area (Å²) in [7, 11) is 2.83. The molecule has 5 aromatic rings. The lowest BCUT2D eigenvalue weighted by Gasteiger charge is -2.48. The predicted molar refractivity (Wildman–Crippen MR) is 181 cm³/mol. The van der Waals surface area contributed by atoms with Crippen LogP contribution in [0.25, 0.3) is 33.4 Å². The summed E-state index contributed by atoms with van der Waals surface area (Å²) in [6, 6.07) is 13.1. The fourth-order valence-electron chi connectivity index (χ4n) is 5.99. The highest BCUT2D eigenvalue weighted by atomic mass is 19.1. The van der Waals surface area contributed by atoms with E-state index in [0.717, 1.165) is 0 Å². The number of hydrogen-bond acceptors (Lipinski definition) is 8. The van der Waals surface area contributed by atoms with Crippen molar-refractivity contribution < 1.29 is 37.1 Å². The fraction of sp³-hybridized carbons (Fsp3) is 0.270. The zero-order valence-electron chi connectivity index (χ0n) is 28.3. The van der Waals surface area contributed by atoms with E-state index < -0.39 is 40.7 Å². The lowest BCUT2D eigenvalue weighted by molar-refractivity contribution is -0.0189. The third kappa shape index (κ3) is 6.22. The summed E-state index contributed by atoms with van der Waals surface area (Å²) in [4.78, 5) is 50.2. The maximum absolute atomic E-state index is 16.7. The van der Waals surface area contributed by atoms with Gasteiger partial charge in [-0.15, -0.1) is 0 Å². The Balaban J connectivity index is 1.41. The van der Waals surface area contributed by atoms with E-state index in [4.69, 9.17) is 13.9 Å². The lowest BCUT2D eigenvalue weighted by atomic mass is 9.88. The van der Waals surface area contributed by atoms with Gasteiger partial charge in [-0.25, -0.2) is 23.5 Å². The van der Waals surface area contributed by atoms with E-state index in [9.17, 15) is 18.8 Å². The van der Waals surface area contributed by atoms with E-state index >= 15 is 4.39 Å². The monoisotopic (exact) mass is 683 g/mol. The topological polar surface area (TPSA) is 136 Å². The van der Waals surface area contributed by atoms with Crippen molar-refractivity contribution in [2.75, 3.05) is 27.2 Å². The maximum atomic E-state index is 16.7. The highest BCUT2D eigenvalue weighted by Crippen LogP contribution is 2.41. The van der Waals surface area contributed by atoms with Crippen LogP contribution >= 0.6 is 0 Å². The highest BCUT2D eigenvalue weighted by molar-refractivity contribution is 6.12. The Kier molecular flexibility index (Phi) is 8.77. The van der Waals surface area contributed by atoms with E-state index in [2.05, 4.69) is 20.6 Å². The summed E-state index contributed by atoms with van der Waals surface area (Å²) in [5, 5.41) is 5.47. The number of ether oxygens (including phenoxy) is 2. The van der Waals surface area contributed by atoms with Crippen molar-refractivity contribution >= 4 is 28.9 Å². The van der Waals surface area contributed by atoms with Crippen molar-refractivity contribution in [1.82, 2.24) is 25.5 Å². The van der Waals surface area contributed by atoms with E-state index in [1.54, 1.807) is 52.2 Å². The molecular formula is C37H35F2N5O6. The number of amides is 3. The molecule has 1 aliphatic heterocycles. The Morgan fingerprint density at radius 3 is 2.26 bits per heavy atom. The number of rotatable bonds is 7. The summed E-state index contributed by atoms with van der Waals surface area (Å²) < 4.78 is 47.4. The number of hydrogen-bond donors (Lipinski definition) is 2. The number of furan rings is 1. The summed E-state index contributed by atoms with van der Waals surface area (Å²) in [5.74, 6) is -1.79. The van der Waals surface area contributed by atoms with Gasteiger partial charge in [0.05, 0.1) is 36.7 Å². The molecule has 1 saturated heterocycles. The Labute approximate surface area is 286 Å². The zero-order valence-corrected chi connectivity index (χ0v) is 28.3. The van der Waals surface area contributed by atoms with Gasteiger partial charge >= 0.3 is 6.09 Å². The van der Waals surface area contributed by atoms with Crippen molar-refractivity contribution in [3.8, 4) is 28.2 Å². The van der Waals surface area contributed by atoms with Crippen LogP contribution in [0.3, 0.4) is 0 Å². The molecule has 0 unspecified atom stereocenters. The van der Waals surface area contributed by atoms with Gasteiger partial charge < -0.3 is 29.4 Å². The molecule has 1 aliphatic rings. The number of carbonyl (C=O) groups is 3. The number of methoxy groups -OCH3 is 1. The molecule has 50 heavy (non-hydrogen) atoms. The molecule has 0 radical (unpaired) electrons. The molecule has 3 heterocycles. The fourth-order valence-corrected chi connectivity index (χ4v) is 5.99. The number of benzene rings is 3. The molecule has 2 aromatic heterocycles. The van der Waals surface area contributed by atoms with E-state index in [-0.39, 0.29) is 52.3 Å². The molecule has 13 heteroatoms. The molecule has 6 rings (SSSR count). The first-order valence-electron chi connectivity index (χ1n) is 15.7. The SMILES string of the molecule is CNC(=O)c1c(-c2ccc(F)cc2)oc2ccc(-c3cc(C(=O)NC4(c5ncccn5)CN(C(=O)OC(C)(C)C)C4)c(OC)cc3C)c(F)c12. The van der Waals surface area contributed by atoms with Crippen LogP contribution < -0.4 is 15.4 Å². The van der Waals surface area contributed by atoms with Crippen LogP contribution in [0.15, 0.2) is 71.4 Å². The first kappa shape index (κ1) is 34.0. The molecule has 0 atom stereocenters. The second kappa shape index (κ2) is 12.9. The predicted octanol–water partition coefficient (Wildman–Crippen LogP) is 6.39. The Hall–Kier alpha value is -5.85. The molecule has 0 bridgehead atoms. The highest BCUT2D eigenvalue weighted by Gasteiger charge is 2.51. The van der Waals surface area contributed by atoms with Crippen molar-refractivity contribution in [3.05, 3.63) is 101 Å². The Morgan fingerprint density at radius 2 is 1.64 bits per heavy atom. The molecule has 11 nitrogen and oxygen atoms in total. The number of carbonyl (C=O) groups excluding carboxylic acids is 3. The smallest absolute Gasteiger partial charge is 0.410 e. The average Bonchev–Trinajstić information content (AvgIpc) is 3.46. The summed E-state index contributed by atoms with van der Waals surface area (Å²) in [6.07, 6.45) is 2.54. The van der Waals surface area contributed by atoms with Crippen LogP contribution in [-0.2, 0) is 10.3 Å². The third-order valence-electron chi connectivity index (χ3n) is 8.35. The molecule has 2 N–H and O–H groups in total. The van der Waals surface area contributed by atoms with Gasteiger partial charge in [0.15, 0.2) is 5.82 Å². The van der Waals surface area contributed by atoms with E-state index in [1.165, 1.54) is 61.5 Å². The van der Waals surface area contributed by atoms with Gasteiger partial charge in [0.25, 0.3) is 11.8 Å². The summed E-state index contributed by atoms with van der Waals surface area (Å²) in [5.41, 5.74) is -0.289. The van der Waals surface area contributed by atoms with Gasteiger partial charge in [-0.3, -0.25) is 9.59 Å². The molecule has 0 aliphatic carbocycles. The van der Waals surface area contributed by atoms with Crippen molar-refractivity contribution in [1.29, 1.82) is 0 Å². The standard InChI is InChI=1S/C37H35F2N5O6/c1-20-16-27(48-6)25(32(45)43-37(34-41-14-7-15-42-34)18-44(19-37)35(47)50-36(2,3)4)17-24(20)23-12-13-26-28(30(23)39)29(33(46)40-5)31(49-26)21-8-10-22(38)11-9-21/h7-17H,18-19H2,1-6H3,(H,40,46)(H,43,45). The molecule has 3 amide bonds. The minimum Gasteiger partial charge on any atom is -0.496 e. The van der Waals surface area contributed by atoms with Crippen molar-refractivity contribution in [2.45, 2.75) is 38.8 Å². The van der Waals surface area contributed by atoms with Crippen molar-refractivity contribution in [2.24, 2.45) is 0 Å². The quantitative estimate of drug-likeness (QED) is 0.202. The van der Waals surface area contributed by atoms with Gasteiger partial charge in [-0.1, -0.05) is 0 Å². The normalized spacial score (nSPS) is 13.8. The van der Waals surface area contributed by atoms with Crippen LogP contribution in [0.5, 0.6) is 5.75 Å². The molecule has 0 saturated carbocycles. The van der Waals surface area contributed by atoms with Crippen LogP contribution in [0.4, 0.5) is 13.6 Å². The third-order valence-corrected chi connectivity index (χ3v) is 8.35. The average molecular weight is 684 g/mol. The second-order valence-electron chi connectivity index (χ2n) is 13.0. The largest absolute Gasteiger partial charge is 0.496 e. The molecule has 258 valence electrons. The summed E-state index contributed by atoms with van der Waals surface area (Å²) >= 11 is 0. The molecule has 0 spiro atoms.